The Morgan fingerprint density at radius 2 is 1.16 bits per heavy atom. The first-order chi connectivity index (χ1) is 11.9. The molecule has 4 rings (SSSR count). The Bertz CT molecular complexity index is 920. The number of fused-ring (bicyclic) bond motifs is 2. The lowest BCUT2D eigenvalue weighted by molar-refractivity contribution is 0.470. The van der Waals surface area contributed by atoms with Crippen LogP contribution in [-0.4, -0.2) is 9.97 Å². The standard InChI is InChI=1S/C21H21N3O/c1-12-6-15(4)19(16(5)7-12)24-20-17(8-13(2)10-22-20)25-18-9-14(3)11-23-21(18)24/h6-11H,1-5H3. The lowest BCUT2D eigenvalue weighted by Crippen LogP contribution is -2.20. The first kappa shape index (κ1) is 15.6. The van der Waals surface area contributed by atoms with E-state index in [-0.39, 0.29) is 0 Å². The van der Waals surface area contributed by atoms with Gasteiger partial charge in [0.25, 0.3) is 0 Å². The molecule has 0 aliphatic carbocycles. The molecule has 0 saturated carbocycles. The average Bonchev–Trinajstić information content (AvgIpc) is 2.52. The molecule has 0 amide bonds. The van der Waals surface area contributed by atoms with Crippen molar-refractivity contribution in [2.75, 3.05) is 4.90 Å². The maximum Gasteiger partial charge on any atom is 0.182 e. The topological polar surface area (TPSA) is 38.2 Å². The molecule has 0 atom stereocenters. The molecule has 0 saturated heterocycles. The van der Waals surface area contributed by atoms with Crippen molar-refractivity contribution < 1.29 is 4.74 Å². The third-order valence-electron chi connectivity index (χ3n) is 4.44. The Morgan fingerprint density at radius 3 is 1.64 bits per heavy atom. The Labute approximate surface area is 148 Å². The molecule has 1 aliphatic heterocycles. The number of ether oxygens (including phenoxy) is 1. The van der Waals surface area contributed by atoms with Gasteiger partial charge in [-0.05, 0) is 69.0 Å². The number of rotatable bonds is 1. The second-order valence-electron chi connectivity index (χ2n) is 6.85. The van der Waals surface area contributed by atoms with Gasteiger partial charge in [-0.3, -0.25) is 4.90 Å². The molecule has 0 spiro atoms. The van der Waals surface area contributed by atoms with Gasteiger partial charge in [0.05, 0.1) is 5.69 Å². The largest absolute Gasteiger partial charge is 0.449 e. The van der Waals surface area contributed by atoms with Gasteiger partial charge in [-0.15, -0.1) is 0 Å². The summed E-state index contributed by atoms with van der Waals surface area (Å²) in [5.41, 5.74) is 6.90. The predicted molar refractivity (Wildman–Crippen MR) is 100 cm³/mol. The van der Waals surface area contributed by atoms with Crippen LogP contribution in [0.1, 0.15) is 27.8 Å². The maximum atomic E-state index is 6.13. The summed E-state index contributed by atoms with van der Waals surface area (Å²) in [5, 5.41) is 0. The molecule has 1 aromatic carbocycles. The van der Waals surface area contributed by atoms with Gasteiger partial charge in [0.1, 0.15) is 0 Å². The third-order valence-corrected chi connectivity index (χ3v) is 4.44. The Hall–Kier alpha value is -2.88. The Morgan fingerprint density at radius 1 is 0.680 bits per heavy atom. The van der Waals surface area contributed by atoms with Crippen LogP contribution in [0.15, 0.2) is 36.7 Å². The van der Waals surface area contributed by atoms with E-state index in [1.165, 1.54) is 16.7 Å². The molecular formula is C21H21N3O. The van der Waals surface area contributed by atoms with Gasteiger partial charge < -0.3 is 4.74 Å². The quantitative estimate of drug-likeness (QED) is 0.455. The van der Waals surface area contributed by atoms with Gasteiger partial charge >= 0.3 is 0 Å². The zero-order valence-electron chi connectivity index (χ0n) is 15.2. The average molecular weight is 331 g/mol. The molecule has 2 aromatic heterocycles. The van der Waals surface area contributed by atoms with Crippen LogP contribution < -0.4 is 9.64 Å². The molecule has 1 aliphatic rings. The summed E-state index contributed by atoms with van der Waals surface area (Å²) in [7, 11) is 0. The highest BCUT2D eigenvalue weighted by Gasteiger charge is 2.30. The van der Waals surface area contributed by atoms with E-state index in [1.54, 1.807) is 0 Å². The van der Waals surface area contributed by atoms with Crippen molar-refractivity contribution in [3.63, 3.8) is 0 Å². The molecule has 0 fully saturated rings. The van der Waals surface area contributed by atoms with Crippen LogP contribution in [0.3, 0.4) is 0 Å². The van der Waals surface area contributed by atoms with E-state index in [2.05, 4.69) is 47.8 Å². The smallest absolute Gasteiger partial charge is 0.182 e. The highest BCUT2D eigenvalue weighted by molar-refractivity contribution is 5.85. The van der Waals surface area contributed by atoms with Crippen molar-refractivity contribution in [1.29, 1.82) is 0 Å². The van der Waals surface area contributed by atoms with Crippen LogP contribution in [0.5, 0.6) is 11.5 Å². The van der Waals surface area contributed by atoms with Gasteiger partial charge in [0, 0.05) is 12.4 Å². The summed E-state index contributed by atoms with van der Waals surface area (Å²) in [6, 6.07) is 8.44. The van der Waals surface area contributed by atoms with Gasteiger partial charge in [-0.2, -0.15) is 0 Å². The lowest BCUT2D eigenvalue weighted by Gasteiger charge is -2.33. The van der Waals surface area contributed by atoms with Crippen molar-refractivity contribution in [1.82, 2.24) is 9.97 Å². The van der Waals surface area contributed by atoms with Crippen LogP contribution in [0.25, 0.3) is 0 Å². The molecular weight excluding hydrogens is 310 g/mol. The van der Waals surface area contributed by atoms with E-state index < -0.39 is 0 Å². The molecule has 4 nitrogen and oxygen atoms in total. The first-order valence-electron chi connectivity index (χ1n) is 8.43. The van der Waals surface area contributed by atoms with Crippen LogP contribution in [0.2, 0.25) is 0 Å². The van der Waals surface area contributed by atoms with Crippen molar-refractivity contribution in [2.45, 2.75) is 34.6 Å². The highest BCUT2D eigenvalue weighted by Crippen LogP contribution is 2.50. The molecule has 25 heavy (non-hydrogen) atoms. The van der Waals surface area contributed by atoms with E-state index in [0.29, 0.717) is 0 Å². The van der Waals surface area contributed by atoms with Crippen molar-refractivity contribution in [3.8, 4) is 11.5 Å². The third kappa shape index (κ3) is 2.54. The second kappa shape index (κ2) is 5.59. The molecule has 0 bridgehead atoms. The molecule has 3 heterocycles. The number of nitrogens with zero attached hydrogens (tertiary/aromatic N) is 3. The number of hydrogen-bond acceptors (Lipinski definition) is 4. The van der Waals surface area contributed by atoms with Crippen LogP contribution in [0, 0.1) is 34.6 Å². The summed E-state index contributed by atoms with van der Waals surface area (Å²) in [4.78, 5) is 11.4. The lowest BCUT2D eigenvalue weighted by atomic mass is 10.0. The zero-order chi connectivity index (χ0) is 17.7. The second-order valence-corrected chi connectivity index (χ2v) is 6.85. The van der Waals surface area contributed by atoms with Gasteiger partial charge in [0.15, 0.2) is 23.1 Å². The summed E-state index contributed by atoms with van der Waals surface area (Å²) >= 11 is 0. The molecule has 0 unspecified atom stereocenters. The summed E-state index contributed by atoms with van der Waals surface area (Å²) in [6.07, 6.45) is 3.74. The van der Waals surface area contributed by atoms with E-state index in [9.17, 15) is 0 Å². The molecule has 0 N–H and O–H groups in total. The highest BCUT2D eigenvalue weighted by atomic mass is 16.5. The SMILES string of the molecule is Cc1cc(C)c(N2c3ncc(C)cc3Oc3cc(C)cnc32)c(C)c1. The van der Waals surface area contributed by atoms with Crippen LogP contribution in [0.4, 0.5) is 17.3 Å². The van der Waals surface area contributed by atoms with Crippen molar-refractivity contribution in [2.24, 2.45) is 0 Å². The van der Waals surface area contributed by atoms with Gasteiger partial charge in [-0.25, -0.2) is 9.97 Å². The number of aromatic nitrogens is 2. The summed E-state index contributed by atoms with van der Waals surface area (Å²) in [5.74, 6) is 3.09. The molecule has 4 heteroatoms. The van der Waals surface area contributed by atoms with Crippen LogP contribution >= 0.6 is 0 Å². The van der Waals surface area contributed by atoms with Crippen molar-refractivity contribution >= 4 is 17.3 Å². The molecule has 126 valence electrons. The summed E-state index contributed by atoms with van der Waals surface area (Å²) < 4.78 is 6.13. The summed E-state index contributed by atoms with van der Waals surface area (Å²) in [6.45, 7) is 10.4. The van der Waals surface area contributed by atoms with Gasteiger partial charge in [0.2, 0.25) is 0 Å². The Kier molecular flexibility index (Phi) is 3.49. The number of hydrogen-bond donors (Lipinski definition) is 0. The molecule has 0 radical (unpaired) electrons. The van der Waals surface area contributed by atoms with E-state index >= 15 is 0 Å². The Balaban J connectivity index is 2.03. The van der Waals surface area contributed by atoms with E-state index in [0.717, 1.165) is 39.9 Å². The fraction of sp³-hybridized carbons (Fsp3) is 0.238. The van der Waals surface area contributed by atoms with Crippen LogP contribution in [-0.2, 0) is 0 Å². The van der Waals surface area contributed by atoms with E-state index in [1.807, 2.05) is 38.4 Å². The minimum atomic E-state index is 0.763. The number of benzene rings is 1. The number of anilines is 3. The van der Waals surface area contributed by atoms with Crippen molar-refractivity contribution in [3.05, 3.63) is 64.5 Å². The number of aryl methyl sites for hydroxylation is 5. The normalized spacial score (nSPS) is 12.4. The number of pyridine rings is 2. The minimum Gasteiger partial charge on any atom is -0.449 e. The predicted octanol–water partition coefficient (Wildman–Crippen LogP) is 5.59. The van der Waals surface area contributed by atoms with Gasteiger partial charge in [-0.1, -0.05) is 17.7 Å². The fourth-order valence-corrected chi connectivity index (χ4v) is 3.51. The maximum absolute atomic E-state index is 6.13. The first-order valence-corrected chi connectivity index (χ1v) is 8.43. The minimum absolute atomic E-state index is 0.763. The van der Waals surface area contributed by atoms with E-state index in [4.69, 9.17) is 4.74 Å². The molecule has 3 aromatic rings. The monoisotopic (exact) mass is 331 g/mol. The fourth-order valence-electron chi connectivity index (χ4n) is 3.51. The zero-order valence-corrected chi connectivity index (χ0v) is 15.2.